The average molecular weight is 447 g/mol. The summed E-state index contributed by atoms with van der Waals surface area (Å²) in [6.07, 6.45) is 0.429. The van der Waals surface area contributed by atoms with Gasteiger partial charge in [0, 0.05) is 50.8 Å². The molecule has 32 heavy (non-hydrogen) atoms. The number of aromatic nitrogens is 5. The van der Waals surface area contributed by atoms with Crippen LogP contribution < -0.4 is 15.0 Å². The number of hydrogen-bond acceptors (Lipinski definition) is 6. The zero-order chi connectivity index (χ0) is 22.2. The van der Waals surface area contributed by atoms with E-state index in [-0.39, 0.29) is 24.1 Å². The number of halogens is 3. The van der Waals surface area contributed by atoms with E-state index < -0.39 is 11.9 Å². The highest BCUT2D eigenvalue weighted by Crippen LogP contribution is 2.41. The predicted molar refractivity (Wildman–Crippen MR) is 112 cm³/mol. The average Bonchev–Trinajstić information content (AvgIpc) is 3.29. The molecule has 3 aromatic heterocycles. The Hall–Kier alpha value is -2.98. The number of alkyl halides is 3. The molecule has 0 radical (unpaired) electrons. The highest BCUT2D eigenvalue weighted by Gasteiger charge is 2.40. The molecule has 2 aliphatic carbocycles. The van der Waals surface area contributed by atoms with Gasteiger partial charge in [-0.1, -0.05) is 0 Å². The van der Waals surface area contributed by atoms with E-state index in [0.29, 0.717) is 24.8 Å². The second-order valence-corrected chi connectivity index (χ2v) is 9.15. The zero-order valence-electron chi connectivity index (χ0n) is 17.8. The fourth-order valence-electron chi connectivity index (χ4n) is 4.64. The highest BCUT2D eigenvalue weighted by molar-refractivity contribution is 5.89. The molecular weight excluding hydrogens is 423 g/mol. The summed E-state index contributed by atoms with van der Waals surface area (Å²) in [7, 11) is 2.03. The molecule has 0 spiro atoms. The number of rotatable bonds is 5. The van der Waals surface area contributed by atoms with Crippen molar-refractivity contribution in [2.45, 2.75) is 63.0 Å². The van der Waals surface area contributed by atoms with Crippen LogP contribution in [-0.4, -0.2) is 50.1 Å². The topological polar surface area (TPSA) is 73.0 Å². The van der Waals surface area contributed by atoms with Gasteiger partial charge in [0.15, 0.2) is 11.5 Å². The Morgan fingerprint density at radius 3 is 2.69 bits per heavy atom. The van der Waals surface area contributed by atoms with Gasteiger partial charge in [0.1, 0.15) is 11.6 Å². The summed E-state index contributed by atoms with van der Waals surface area (Å²) in [5, 5.41) is 7.10. The fourth-order valence-corrected chi connectivity index (χ4v) is 4.64. The van der Waals surface area contributed by atoms with Gasteiger partial charge in [-0.3, -0.25) is 0 Å². The van der Waals surface area contributed by atoms with Crippen molar-refractivity contribution < 1.29 is 17.9 Å². The number of ether oxygens (including phenoxy) is 1. The molecule has 0 amide bonds. The van der Waals surface area contributed by atoms with Gasteiger partial charge in [-0.25, -0.2) is 9.67 Å². The largest absolute Gasteiger partial charge is 0.474 e. The lowest BCUT2D eigenvalue weighted by molar-refractivity contribution is -0.141. The van der Waals surface area contributed by atoms with Crippen molar-refractivity contribution in [3.05, 3.63) is 24.0 Å². The van der Waals surface area contributed by atoms with Crippen molar-refractivity contribution in [2.75, 3.05) is 23.8 Å². The van der Waals surface area contributed by atoms with Crippen LogP contribution in [0.25, 0.3) is 11.0 Å². The minimum atomic E-state index is -4.47. The van der Waals surface area contributed by atoms with Crippen LogP contribution in [0.5, 0.6) is 5.88 Å². The van der Waals surface area contributed by atoms with Crippen LogP contribution in [0.1, 0.15) is 50.4 Å². The van der Waals surface area contributed by atoms with Crippen molar-refractivity contribution in [2.24, 2.45) is 0 Å². The van der Waals surface area contributed by atoms with Gasteiger partial charge in [-0.2, -0.15) is 23.3 Å². The van der Waals surface area contributed by atoms with Crippen LogP contribution in [0.15, 0.2) is 18.3 Å². The van der Waals surface area contributed by atoms with Crippen molar-refractivity contribution in [1.29, 1.82) is 0 Å². The highest BCUT2D eigenvalue weighted by atomic mass is 19.4. The molecule has 2 saturated carbocycles. The maximum absolute atomic E-state index is 13.1. The Balaban J connectivity index is 1.14. The minimum absolute atomic E-state index is 0.0132. The Morgan fingerprint density at radius 2 is 1.97 bits per heavy atom. The van der Waals surface area contributed by atoms with E-state index in [1.54, 1.807) is 0 Å². The SMILES string of the molecule is C[C@@H]1CN(C)c2nc(N[C@H]3C[C@H](Oc4cc(C(F)(F)F)nn4C4CC4)C3)nc3ccn1c23. The summed E-state index contributed by atoms with van der Waals surface area (Å²) in [5.74, 6) is 1.68. The Labute approximate surface area is 182 Å². The first-order chi connectivity index (χ1) is 15.3. The monoisotopic (exact) mass is 447 g/mol. The van der Waals surface area contributed by atoms with E-state index in [2.05, 4.69) is 38.0 Å². The van der Waals surface area contributed by atoms with Crippen LogP contribution >= 0.6 is 0 Å². The molecule has 170 valence electrons. The van der Waals surface area contributed by atoms with Gasteiger partial charge >= 0.3 is 6.18 Å². The summed E-state index contributed by atoms with van der Waals surface area (Å²) in [4.78, 5) is 11.5. The molecule has 1 N–H and O–H groups in total. The quantitative estimate of drug-likeness (QED) is 0.637. The molecule has 0 saturated heterocycles. The van der Waals surface area contributed by atoms with Gasteiger partial charge in [0.2, 0.25) is 11.8 Å². The third kappa shape index (κ3) is 3.25. The van der Waals surface area contributed by atoms with Crippen molar-refractivity contribution in [3.8, 4) is 5.88 Å². The summed E-state index contributed by atoms with van der Waals surface area (Å²) in [6.45, 7) is 3.05. The number of nitrogens with zero attached hydrogens (tertiary/aromatic N) is 6. The molecule has 1 atom stereocenters. The Bertz CT molecular complexity index is 1180. The van der Waals surface area contributed by atoms with Crippen LogP contribution in [0.4, 0.5) is 24.9 Å². The van der Waals surface area contributed by atoms with Gasteiger partial charge < -0.3 is 19.5 Å². The molecule has 0 bridgehead atoms. The summed E-state index contributed by atoms with van der Waals surface area (Å²) in [6, 6.07) is 3.50. The van der Waals surface area contributed by atoms with Crippen LogP contribution in [-0.2, 0) is 6.18 Å². The summed E-state index contributed by atoms with van der Waals surface area (Å²) < 4.78 is 48.7. The van der Waals surface area contributed by atoms with Gasteiger partial charge in [-0.15, -0.1) is 0 Å². The van der Waals surface area contributed by atoms with Gasteiger partial charge in [0.25, 0.3) is 0 Å². The maximum Gasteiger partial charge on any atom is 0.435 e. The van der Waals surface area contributed by atoms with Crippen molar-refractivity contribution in [3.63, 3.8) is 0 Å². The second-order valence-electron chi connectivity index (χ2n) is 9.15. The zero-order valence-corrected chi connectivity index (χ0v) is 17.8. The van der Waals surface area contributed by atoms with Crippen molar-refractivity contribution >= 4 is 22.8 Å². The van der Waals surface area contributed by atoms with Crippen LogP contribution in [0, 0.1) is 0 Å². The Morgan fingerprint density at radius 1 is 1.19 bits per heavy atom. The number of nitrogens with one attached hydrogen (secondary N) is 1. The lowest BCUT2D eigenvalue weighted by Gasteiger charge is -2.36. The van der Waals surface area contributed by atoms with E-state index in [9.17, 15) is 13.2 Å². The summed E-state index contributed by atoms with van der Waals surface area (Å²) >= 11 is 0. The van der Waals surface area contributed by atoms with Gasteiger partial charge in [-0.05, 0) is 25.8 Å². The lowest BCUT2D eigenvalue weighted by atomic mass is 9.89. The van der Waals surface area contributed by atoms with Crippen LogP contribution in [0.2, 0.25) is 0 Å². The summed E-state index contributed by atoms with van der Waals surface area (Å²) in [5.41, 5.74) is 1.05. The van der Waals surface area contributed by atoms with Crippen LogP contribution in [0.3, 0.4) is 0 Å². The van der Waals surface area contributed by atoms with Crippen molar-refractivity contribution in [1.82, 2.24) is 24.3 Å². The van der Waals surface area contributed by atoms with E-state index in [1.165, 1.54) is 4.68 Å². The molecule has 3 aliphatic rings. The van der Waals surface area contributed by atoms with Gasteiger partial charge in [0.05, 0.1) is 11.6 Å². The molecular formula is C21H24F3N7O. The predicted octanol–water partition coefficient (Wildman–Crippen LogP) is 4.01. The first-order valence-corrected chi connectivity index (χ1v) is 11.0. The molecule has 11 heteroatoms. The van der Waals surface area contributed by atoms with E-state index in [0.717, 1.165) is 42.3 Å². The Kier molecular flexibility index (Phi) is 4.16. The molecule has 0 unspecified atom stereocenters. The normalized spacial score (nSPS) is 25.2. The third-order valence-electron chi connectivity index (χ3n) is 6.52. The first kappa shape index (κ1) is 19.7. The van der Waals surface area contributed by atoms with E-state index in [4.69, 9.17) is 9.72 Å². The molecule has 8 nitrogen and oxygen atoms in total. The second kappa shape index (κ2) is 6.76. The maximum atomic E-state index is 13.1. The van der Waals surface area contributed by atoms with E-state index >= 15 is 0 Å². The smallest absolute Gasteiger partial charge is 0.435 e. The molecule has 1 aliphatic heterocycles. The number of anilines is 2. The molecule has 6 rings (SSSR count). The lowest BCUT2D eigenvalue weighted by Crippen LogP contribution is -2.43. The molecule has 4 heterocycles. The molecule has 0 aromatic carbocycles. The third-order valence-corrected chi connectivity index (χ3v) is 6.52. The standard InChI is InChI=1S/C21H24F3N7O/c1-11-10-29(2)19-18-15(5-6-30(11)18)26-20(27-19)25-12-7-14(8-12)32-17-9-16(21(22,23)24)28-31(17)13-3-4-13/h5-6,9,11-14H,3-4,7-8,10H2,1-2H3,(H,25,26,27)/t11-,12-,14-/m1/s1. The number of hydrogen-bond donors (Lipinski definition) is 1. The molecule has 3 aromatic rings. The molecule has 2 fully saturated rings. The minimum Gasteiger partial charge on any atom is -0.474 e. The first-order valence-electron chi connectivity index (χ1n) is 11.0. The number of likely N-dealkylation sites (N-methyl/N-ethyl adjacent to an activating group) is 1. The fraction of sp³-hybridized carbons (Fsp3) is 0.571. The van der Waals surface area contributed by atoms with E-state index in [1.807, 2.05) is 13.1 Å².